The highest BCUT2D eigenvalue weighted by Gasteiger charge is 2.00. The van der Waals surface area contributed by atoms with Crippen LogP contribution in [0.4, 0.5) is 0 Å². The smallest absolute Gasteiger partial charge is 0.0884 e. The minimum Gasteiger partial charge on any atom is -0.0884 e. The van der Waals surface area contributed by atoms with E-state index >= 15 is 0 Å². The van der Waals surface area contributed by atoms with Crippen molar-refractivity contribution in [1.29, 1.82) is 0 Å². The zero-order chi connectivity index (χ0) is 9.97. The molecule has 0 fully saturated rings. The van der Waals surface area contributed by atoms with Gasteiger partial charge >= 0.3 is 0 Å². The van der Waals surface area contributed by atoms with Gasteiger partial charge in [-0.3, -0.25) is 0 Å². The number of rotatable bonds is 1. The molecule has 2 aromatic carbocycles. The maximum atomic E-state index is 2.24. The van der Waals surface area contributed by atoms with Crippen molar-refractivity contribution in [2.24, 2.45) is 0 Å². The van der Waals surface area contributed by atoms with E-state index in [1.807, 2.05) is 0 Å². The van der Waals surface area contributed by atoms with Crippen molar-refractivity contribution in [3.8, 4) is 11.1 Å². The van der Waals surface area contributed by atoms with Gasteiger partial charge in [-0.25, -0.2) is 0 Å². The van der Waals surface area contributed by atoms with Gasteiger partial charge in [0.15, 0.2) is 0 Å². The third-order valence-corrected chi connectivity index (χ3v) is 2.48. The first kappa shape index (κ1) is 9.14. The molecule has 0 unspecified atom stereocenters. The van der Waals surface area contributed by atoms with Crippen molar-refractivity contribution >= 4 is 26.6 Å². The zero-order valence-electron chi connectivity index (χ0n) is 8.62. The summed E-state index contributed by atoms with van der Waals surface area (Å²) >= 11 is 0. The standard InChI is InChI=1S/C12H12B2/c13-10-6-7-12(14)11(8-10)9-4-2-1-3-5-9/h1-8H,13-14H2. The molecule has 0 atom stereocenters. The van der Waals surface area contributed by atoms with Crippen LogP contribution in [-0.2, 0) is 0 Å². The van der Waals surface area contributed by atoms with Gasteiger partial charge in [0.25, 0.3) is 0 Å². The van der Waals surface area contributed by atoms with Crippen LogP contribution in [0.1, 0.15) is 0 Å². The van der Waals surface area contributed by atoms with Gasteiger partial charge in [0.2, 0.25) is 0 Å². The Hall–Kier alpha value is -1.43. The van der Waals surface area contributed by atoms with E-state index in [9.17, 15) is 0 Å². The van der Waals surface area contributed by atoms with Gasteiger partial charge in [0, 0.05) is 0 Å². The van der Waals surface area contributed by atoms with E-state index in [0.29, 0.717) is 0 Å². The second-order valence-corrected chi connectivity index (χ2v) is 3.68. The molecule has 66 valence electrons. The van der Waals surface area contributed by atoms with Crippen molar-refractivity contribution in [3.05, 3.63) is 48.5 Å². The Kier molecular flexibility index (Phi) is 2.45. The van der Waals surface area contributed by atoms with E-state index < -0.39 is 0 Å². The van der Waals surface area contributed by atoms with E-state index in [4.69, 9.17) is 0 Å². The molecule has 0 N–H and O–H groups in total. The lowest BCUT2D eigenvalue weighted by molar-refractivity contribution is 1.66. The quantitative estimate of drug-likeness (QED) is 0.533. The minimum absolute atomic E-state index is 1.30. The van der Waals surface area contributed by atoms with Gasteiger partial charge in [0.1, 0.15) is 15.7 Å². The molecule has 0 aliphatic carbocycles. The first-order valence-corrected chi connectivity index (χ1v) is 4.90. The van der Waals surface area contributed by atoms with Crippen LogP contribution in [0.3, 0.4) is 0 Å². The van der Waals surface area contributed by atoms with Gasteiger partial charge in [-0.2, -0.15) is 0 Å². The van der Waals surface area contributed by atoms with E-state index in [2.05, 4.69) is 64.2 Å². The Labute approximate surface area is 86.8 Å². The molecule has 0 amide bonds. The molecule has 0 saturated heterocycles. The second-order valence-electron chi connectivity index (χ2n) is 3.68. The molecule has 0 nitrogen and oxygen atoms in total. The van der Waals surface area contributed by atoms with Crippen molar-refractivity contribution in [2.45, 2.75) is 0 Å². The monoisotopic (exact) mass is 178 g/mol. The van der Waals surface area contributed by atoms with Crippen molar-refractivity contribution < 1.29 is 0 Å². The van der Waals surface area contributed by atoms with Crippen LogP contribution in [0.5, 0.6) is 0 Å². The molecule has 0 aliphatic heterocycles. The van der Waals surface area contributed by atoms with Crippen molar-refractivity contribution in [3.63, 3.8) is 0 Å². The molecular weight excluding hydrogens is 166 g/mol. The highest BCUT2D eigenvalue weighted by Crippen LogP contribution is 2.14. The summed E-state index contributed by atoms with van der Waals surface area (Å²) in [4.78, 5) is 0. The minimum atomic E-state index is 1.30. The van der Waals surface area contributed by atoms with E-state index in [-0.39, 0.29) is 0 Å². The summed E-state index contributed by atoms with van der Waals surface area (Å²) in [5.41, 5.74) is 5.29. The molecule has 14 heavy (non-hydrogen) atoms. The predicted octanol–water partition coefficient (Wildman–Crippen LogP) is -0.130. The molecule has 2 heteroatoms. The zero-order valence-corrected chi connectivity index (χ0v) is 8.62. The van der Waals surface area contributed by atoms with Gasteiger partial charge in [0.05, 0.1) is 0 Å². The fourth-order valence-electron chi connectivity index (χ4n) is 1.66. The molecule has 0 radical (unpaired) electrons. The molecular formula is C12H12B2. The molecule has 2 aromatic rings. The molecule has 2 rings (SSSR count). The van der Waals surface area contributed by atoms with Crippen LogP contribution in [0, 0.1) is 0 Å². The number of hydrogen-bond donors (Lipinski definition) is 0. The summed E-state index contributed by atoms with van der Waals surface area (Å²) in [5.74, 6) is 0. The maximum Gasteiger partial charge on any atom is 0.140 e. The van der Waals surface area contributed by atoms with Crippen LogP contribution in [-0.4, -0.2) is 15.7 Å². The van der Waals surface area contributed by atoms with Gasteiger partial charge in [-0.05, 0) is 11.1 Å². The Morgan fingerprint density at radius 2 is 1.50 bits per heavy atom. The average Bonchev–Trinajstić information content (AvgIpc) is 2.23. The van der Waals surface area contributed by atoms with Crippen LogP contribution < -0.4 is 10.9 Å². The third kappa shape index (κ3) is 1.74. The maximum absolute atomic E-state index is 2.24. The molecule has 0 spiro atoms. The summed E-state index contributed by atoms with van der Waals surface area (Å²) in [5, 5.41) is 0. The lowest BCUT2D eigenvalue weighted by Crippen LogP contribution is -2.13. The van der Waals surface area contributed by atoms with Crippen LogP contribution in [0.15, 0.2) is 48.5 Å². The average molecular weight is 178 g/mol. The van der Waals surface area contributed by atoms with Crippen LogP contribution >= 0.6 is 0 Å². The number of hydrogen-bond acceptors (Lipinski definition) is 0. The van der Waals surface area contributed by atoms with E-state index in [1.54, 1.807) is 0 Å². The largest absolute Gasteiger partial charge is 0.140 e. The third-order valence-electron chi connectivity index (χ3n) is 2.48. The topological polar surface area (TPSA) is 0 Å². The molecule has 0 saturated carbocycles. The summed E-state index contributed by atoms with van der Waals surface area (Å²) < 4.78 is 0. The van der Waals surface area contributed by atoms with Crippen LogP contribution in [0.2, 0.25) is 0 Å². The Balaban J connectivity index is 2.57. The predicted molar refractivity (Wildman–Crippen MR) is 68.2 cm³/mol. The molecule has 0 aliphatic rings. The highest BCUT2D eigenvalue weighted by molar-refractivity contribution is 6.38. The molecule has 0 heterocycles. The fourth-order valence-corrected chi connectivity index (χ4v) is 1.66. The first-order chi connectivity index (χ1) is 6.77. The van der Waals surface area contributed by atoms with Gasteiger partial charge < -0.3 is 0 Å². The normalized spacial score (nSPS) is 10.0. The van der Waals surface area contributed by atoms with Gasteiger partial charge in [-0.1, -0.05) is 59.5 Å². The Morgan fingerprint density at radius 1 is 0.786 bits per heavy atom. The summed E-state index contributed by atoms with van der Waals surface area (Å²) in [6, 6.07) is 17.1. The Bertz CT molecular complexity index is 435. The van der Waals surface area contributed by atoms with Crippen molar-refractivity contribution in [1.82, 2.24) is 0 Å². The summed E-state index contributed by atoms with van der Waals surface area (Å²) in [7, 11) is 4.29. The van der Waals surface area contributed by atoms with Gasteiger partial charge in [-0.15, -0.1) is 0 Å². The Morgan fingerprint density at radius 3 is 2.21 bits per heavy atom. The summed E-state index contributed by atoms with van der Waals surface area (Å²) in [6.45, 7) is 0. The van der Waals surface area contributed by atoms with E-state index in [0.717, 1.165) is 0 Å². The lowest BCUT2D eigenvalue weighted by atomic mass is 9.82. The molecule has 0 aromatic heterocycles. The SMILES string of the molecule is Bc1ccc(B)c(-c2ccccc2)c1. The first-order valence-electron chi connectivity index (χ1n) is 4.90. The van der Waals surface area contributed by atoms with E-state index in [1.165, 1.54) is 22.1 Å². The lowest BCUT2D eigenvalue weighted by Gasteiger charge is -2.07. The number of benzene rings is 2. The van der Waals surface area contributed by atoms with Crippen molar-refractivity contribution in [2.75, 3.05) is 0 Å². The molecule has 0 bridgehead atoms. The summed E-state index contributed by atoms with van der Waals surface area (Å²) in [6.07, 6.45) is 0. The fraction of sp³-hybridized carbons (Fsp3) is 0. The second kappa shape index (κ2) is 3.75. The highest BCUT2D eigenvalue weighted by atomic mass is 14.0. The van der Waals surface area contributed by atoms with Crippen LogP contribution in [0.25, 0.3) is 11.1 Å².